The fourth-order valence-electron chi connectivity index (χ4n) is 2.92. The zero-order valence-corrected chi connectivity index (χ0v) is 13.8. The molecule has 0 aliphatic rings. The number of carbonyl (C=O) groups is 1. The summed E-state index contributed by atoms with van der Waals surface area (Å²) in [7, 11) is 0. The van der Waals surface area contributed by atoms with Crippen LogP contribution in [0.15, 0.2) is 18.3 Å². The van der Waals surface area contributed by atoms with E-state index in [1.165, 1.54) is 4.52 Å². The SMILES string of the molecule is CCc1nc2c(C(N)=O)c(N)c(-c3c(C)ccc(O)c3C)cn2n1. The predicted octanol–water partition coefficient (Wildman–Crippen LogP) is 1.96. The molecule has 5 N–H and O–H groups in total. The van der Waals surface area contributed by atoms with Crippen LogP contribution in [0, 0.1) is 13.8 Å². The van der Waals surface area contributed by atoms with Gasteiger partial charge in [-0.15, -0.1) is 0 Å². The van der Waals surface area contributed by atoms with Crippen molar-refractivity contribution in [1.82, 2.24) is 14.6 Å². The average molecular weight is 325 g/mol. The maximum Gasteiger partial charge on any atom is 0.254 e. The van der Waals surface area contributed by atoms with E-state index in [1.54, 1.807) is 25.3 Å². The number of phenols is 1. The van der Waals surface area contributed by atoms with Gasteiger partial charge in [0.25, 0.3) is 5.91 Å². The van der Waals surface area contributed by atoms with Crippen LogP contribution in [0.25, 0.3) is 16.8 Å². The second-order valence-corrected chi connectivity index (χ2v) is 5.75. The summed E-state index contributed by atoms with van der Waals surface area (Å²) in [5.41, 5.74) is 15.5. The number of nitrogens with zero attached hydrogens (tertiary/aromatic N) is 3. The molecule has 1 aromatic carbocycles. The zero-order chi connectivity index (χ0) is 17.6. The molecule has 0 saturated carbocycles. The number of rotatable bonds is 3. The summed E-state index contributed by atoms with van der Waals surface area (Å²) in [6, 6.07) is 3.42. The molecule has 0 bridgehead atoms. The minimum atomic E-state index is -0.662. The number of primary amides is 1. The number of phenolic OH excluding ortho intramolecular Hbond substituents is 1. The van der Waals surface area contributed by atoms with Crippen LogP contribution in [0.5, 0.6) is 5.75 Å². The second-order valence-electron chi connectivity index (χ2n) is 5.75. The Hall–Kier alpha value is -3.09. The zero-order valence-electron chi connectivity index (χ0n) is 13.8. The molecule has 0 spiro atoms. The second kappa shape index (κ2) is 5.52. The monoisotopic (exact) mass is 325 g/mol. The summed E-state index contributed by atoms with van der Waals surface area (Å²) in [5.74, 6) is 0.0897. The normalized spacial score (nSPS) is 11.1. The van der Waals surface area contributed by atoms with Crippen LogP contribution in [0.1, 0.15) is 34.2 Å². The molecule has 3 aromatic rings. The lowest BCUT2D eigenvalue weighted by molar-refractivity contribution is 0.100. The molecule has 0 fully saturated rings. The van der Waals surface area contributed by atoms with Crippen LogP contribution in [0.4, 0.5) is 5.69 Å². The molecule has 0 saturated heterocycles. The smallest absolute Gasteiger partial charge is 0.254 e. The first kappa shape index (κ1) is 15.8. The molecular weight excluding hydrogens is 306 g/mol. The van der Waals surface area contributed by atoms with Crippen molar-refractivity contribution in [3.63, 3.8) is 0 Å². The fraction of sp³-hybridized carbons (Fsp3) is 0.235. The number of amides is 1. The van der Waals surface area contributed by atoms with E-state index in [-0.39, 0.29) is 17.0 Å². The van der Waals surface area contributed by atoms with Gasteiger partial charge in [-0.05, 0) is 36.6 Å². The van der Waals surface area contributed by atoms with Crippen LogP contribution in [-0.4, -0.2) is 25.6 Å². The number of benzene rings is 1. The van der Waals surface area contributed by atoms with Crippen molar-refractivity contribution in [1.29, 1.82) is 0 Å². The number of hydrogen-bond donors (Lipinski definition) is 3. The Morgan fingerprint density at radius 2 is 2.04 bits per heavy atom. The highest BCUT2D eigenvalue weighted by Gasteiger charge is 2.22. The lowest BCUT2D eigenvalue weighted by Gasteiger charge is -2.15. The van der Waals surface area contributed by atoms with E-state index >= 15 is 0 Å². The number of hydrogen-bond acceptors (Lipinski definition) is 5. The Labute approximate surface area is 138 Å². The highest BCUT2D eigenvalue weighted by atomic mass is 16.3. The van der Waals surface area contributed by atoms with Gasteiger partial charge in [-0.1, -0.05) is 13.0 Å². The third kappa shape index (κ3) is 2.25. The van der Waals surface area contributed by atoms with E-state index in [0.717, 1.165) is 11.1 Å². The third-order valence-corrected chi connectivity index (χ3v) is 4.19. The van der Waals surface area contributed by atoms with Gasteiger partial charge in [0.05, 0.1) is 5.69 Å². The van der Waals surface area contributed by atoms with Gasteiger partial charge in [0, 0.05) is 18.2 Å². The van der Waals surface area contributed by atoms with Crippen LogP contribution in [-0.2, 0) is 6.42 Å². The van der Waals surface area contributed by atoms with Crippen molar-refractivity contribution >= 4 is 17.2 Å². The summed E-state index contributed by atoms with van der Waals surface area (Å²) in [5, 5.41) is 14.4. The van der Waals surface area contributed by atoms with Gasteiger partial charge in [0.1, 0.15) is 11.3 Å². The van der Waals surface area contributed by atoms with Crippen molar-refractivity contribution in [2.45, 2.75) is 27.2 Å². The Kier molecular flexibility index (Phi) is 3.63. The summed E-state index contributed by atoms with van der Waals surface area (Å²) in [4.78, 5) is 16.3. The number of nitrogens with two attached hydrogens (primary N) is 2. The summed E-state index contributed by atoms with van der Waals surface area (Å²) < 4.78 is 1.52. The topological polar surface area (TPSA) is 120 Å². The van der Waals surface area contributed by atoms with Crippen LogP contribution < -0.4 is 11.5 Å². The first-order valence-electron chi connectivity index (χ1n) is 7.62. The van der Waals surface area contributed by atoms with Gasteiger partial charge in [0.2, 0.25) is 0 Å². The van der Waals surface area contributed by atoms with Gasteiger partial charge in [-0.25, -0.2) is 9.50 Å². The molecule has 3 rings (SSSR count). The van der Waals surface area contributed by atoms with Gasteiger partial charge in [0.15, 0.2) is 11.5 Å². The standard InChI is InChI=1S/C17H19N5O2/c1-4-12-20-17-14(16(19)24)15(18)10(7-22(17)21-12)13-8(2)5-6-11(23)9(13)3/h5-7,23H,4,18H2,1-3H3,(H2,19,24). The first-order valence-corrected chi connectivity index (χ1v) is 7.62. The number of aryl methyl sites for hydroxylation is 2. The molecule has 0 aliphatic heterocycles. The average Bonchev–Trinajstić information content (AvgIpc) is 2.93. The summed E-state index contributed by atoms with van der Waals surface area (Å²) in [6.45, 7) is 5.63. The van der Waals surface area contributed by atoms with Gasteiger partial charge >= 0.3 is 0 Å². The predicted molar refractivity (Wildman–Crippen MR) is 91.9 cm³/mol. The molecular formula is C17H19N5O2. The molecule has 1 amide bonds. The minimum Gasteiger partial charge on any atom is -0.508 e. The Bertz CT molecular complexity index is 975. The van der Waals surface area contributed by atoms with Crippen LogP contribution in [0.3, 0.4) is 0 Å². The van der Waals surface area contributed by atoms with Gasteiger partial charge in [-0.3, -0.25) is 4.79 Å². The molecule has 0 aliphatic carbocycles. The van der Waals surface area contributed by atoms with Crippen molar-refractivity contribution in [3.05, 3.63) is 40.8 Å². The van der Waals surface area contributed by atoms with E-state index in [2.05, 4.69) is 10.1 Å². The summed E-state index contributed by atoms with van der Waals surface area (Å²) >= 11 is 0. The Balaban J connectivity index is 2.44. The Morgan fingerprint density at radius 3 is 2.67 bits per heavy atom. The maximum atomic E-state index is 12.0. The van der Waals surface area contributed by atoms with Crippen molar-refractivity contribution in [2.75, 3.05) is 5.73 Å². The van der Waals surface area contributed by atoms with Gasteiger partial charge in [-0.2, -0.15) is 5.10 Å². The first-order chi connectivity index (χ1) is 11.3. The molecule has 0 radical (unpaired) electrons. The van der Waals surface area contributed by atoms with Crippen molar-refractivity contribution in [2.24, 2.45) is 5.73 Å². The quantitative estimate of drug-likeness (QED) is 0.680. The van der Waals surface area contributed by atoms with E-state index in [0.29, 0.717) is 29.0 Å². The number of anilines is 1. The third-order valence-electron chi connectivity index (χ3n) is 4.19. The molecule has 24 heavy (non-hydrogen) atoms. The fourth-order valence-corrected chi connectivity index (χ4v) is 2.92. The number of aromatic nitrogens is 3. The maximum absolute atomic E-state index is 12.0. The van der Waals surface area contributed by atoms with Crippen molar-refractivity contribution < 1.29 is 9.90 Å². The largest absolute Gasteiger partial charge is 0.508 e. The van der Waals surface area contributed by atoms with E-state index in [9.17, 15) is 9.90 Å². The molecule has 2 heterocycles. The van der Waals surface area contributed by atoms with Gasteiger partial charge < -0.3 is 16.6 Å². The molecule has 2 aromatic heterocycles. The molecule has 7 heteroatoms. The number of nitrogen functional groups attached to an aromatic ring is 1. The number of carbonyl (C=O) groups excluding carboxylic acids is 1. The lowest BCUT2D eigenvalue weighted by atomic mass is 9.93. The molecule has 0 atom stereocenters. The lowest BCUT2D eigenvalue weighted by Crippen LogP contribution is -2.16. The minimum absolute atomic E-state index is 0.141. The van der Waals surface area contributed by atoms with Crippen LogP contribution in [0.2, 0.25) is 0 Å². The van der Waals surface area contributed by atoms with E-state index < -0.39 is 5.91 Å². The number of pyridine rings is 1. The highest BCUT2D eigenvalue weighted by Crippen LogP contribution is 2.37. The summed E-state index contributed by atoms with van der Waals surface area (Å²) in [6.07, 6.45) is 2.34. The number of fused-ring (bicyclic) bond motifs is 1. The van der Waals surface area contributed by atoms with E-state index in [1.807, 2.05) is 13.8 Å². The Morgan fingerprint density at radius 1 is 1.33 bits per heavy atom. The molecule has 124 valence electrons. The molecule has 0 unspecified atom stereocenters. The number of aromatic hydroxyl groups is 1. The highest BCUT2D eigenvalue weighted by molar-refractivity contribution is 6.07. The van der Waals surface area contributed by atoms with E-state index in [4.69, 9.17) is 11.5 Å². The van der Waals surface area contributed by atoms with Crippen LogP contribution >= 0.6 is 0 Å². The van der Waals surface area contributed by atoms with Crippen molar-refractivity contribution in [3.8, 4) is 16.9 Å². The molecule has 7 nitrogen and oxygen atoms in total.